The second-order valence-electron chi connectivity index (χ2n) is 5.93. The summed E-state index contributed by atoms with van der Waals surface area (Å²) in [7, 11) is 4.23. The van der Waals surface area contributed by atoms with Crippen molar-refractivity contribution < 1.29 is 0 Å². The molecule has 0 N–H and O–H groups in total. The summed E-state index contributed by atoms with van der Waals surface area (Å²) in [6.45, 7) is 10.0. The van der Waals surface area contributed by atoms with Crippen LogP contribution in [0.4, 0.5) is 5.82 Å². The van der Waals surface area contributed by atoms with Gasteiger partial charge in [0.25, 0.3) is 0 Å². The molecule has 0 radical (unpaired) electrons. The predicted octanol–water partition coefficient (Wildman–Crippen LogP) is 2.89. The van der Waals surface area contributed by atoms with Gasteiger partial charge < -0.3 is 9.80 Å². The number of likely N-dealkylation sites (N-methyl/N-ethyl adjacent to an activating group) is 1. The maximum atomic E-state index is 4.48. The molecule has 0 bridgehead atoms. The van der Waals surface area contributed by atoms with E-state index in [1.165, 1.54) is 6.42 Å². The Morgan fingerprint density at radius 1 is 1.17 bits per heavy atom. The molecular formula is C15H27N3. The fourth-order valence-corrected chi connectivity index (χ4v) is 1.76. The van der Waals surface area contributed by atoms with Crippen molar-refractivity contribution in [3.63, 3.8) is 0 Å². The maximum Gasteiger partial charge on any atom is 0.128 e. The van der Waals surface area contributed by atoms with Crippen LogP contribution in [0.1, 0.15) is 27.2 Å². The molecule has 102 valence electrons. The summed E-state index contributed by atoms with van der Waals surface area (Å²) < 4.78 is 0. The van der Waals surface area contributed by atoms with Crippen LogP contribution in [-0.4, -0.2) is 43.6 Å². The standard InChI is InChI=1S/C15H27N3/c1-6-15(2,3)13-18(12-11-17(4)5)14-9-7-8-10-16-14/h7-10H,6,11-13H2,1-5H3. The molecule has 0 saturated heterocycles. The first kappa shape index (κ1) is 15.0. The SMILES string of the molecule is CCC(C)(C)CN(CCN(C)C)c1ccccn1. The van der Waals surface area contributed by atoms with Gasteiger partial charge in [0.2, 0.25) is 0 Å². The Kier molecular flexibility index (Phi) is 5.60. The minimum atomic E-state index is 0.323. The molecular weight excluding hydrogens is 222 g/mol. The van der Waals surface area contributed by atoms with Gasteiger partial charge in [-0.3, -0.25) is 0 Å². The molecule has 18 heavy (non-hydrogen) atoms. The number of hydrogen-bond acceptors (Lipinski definition) is 3. The Hall–Kier alpha value is -1.09. The summed E-state index contributed by atoms with van der Waals surface area (Å²) in [6, 6.07) is 6.13. The molecule has 0 unspecified atom stereocenters. The van der Waals surface area contributed by atoms with Gasteiger partial charge in [-0.05, 0) is 38.1 Å². The lowest BCUT2D eigenvalue weighted by Crippen LogP contribution is -2.38. The average Bonchev–Trinajstić information content (AvgIpc) is 2.35. The minimum absolute atomic E-state index is 0.323. The highest BCUT2D eigenvalue weighted by molar-refractivity contribution is 5.38. The van der Waals surface area contributed by atoms with E-state index < -0.39 is 0 Å². The van der Waals surface area contributed by atoms with E-state index >= 15 is 0 Å². The quantitative estimate of drug-likeness (QED) is 0.740. The van der Waals surface area contributed by atoms with E-state index in [0.29, 0.717) is 5.41 Å². The van der Waals surface area contributed by atoms with Crippen LogP contribution in [-0.2, 0) is 0 Å². The van der Waals surface area contributed by atoms with Gasteiger partial charge in [0.05, 0.1) is 0 Å². The third-order valence-electron chi connectivity index (χ3n) is 3.37. The summed E-state index contributed by atoms with van der Waals surface area (Å²) in [5.74, 6) is 1.08. The van der Waals surface area contributed by atoms with Gasteiger partial charge in [0.1, 0.15) is 5.82 Å². The second-order valence-corrected chi connectivity index (χ2v) is 5.93. The Morgan fingerprint density at radius 2 is 1.89 bits per heavy atom. The van der Waals surface area contributed by atoms with Gasteiger partial charge in [-0.2, -0.15) is 0 Å². The molecule has 0 aromatic carbocycles. The number of rotatable bonds is 7. The lowest BCUT2D eigenvalue weighted by atomic mass is 9.89. The third kappa shape index (κ3) is 5.05. The normalized spacial score (nSPS) is 11.9. The number of anilines is 1. The first-order valence-electron chi connectivity index (χ1n) is 6.75. The molecule has 0 saturated carbocycles. The highest BCUT2D eigenvalue weighted by Gasteiger charge is 2.20. The van der Waals surface area contributed by atoms with Gasteiger partial charge in [-0.25, -0.2) is 4.98 Å². The topological polar surface area (TPSA) is 19.4 Å². The highest BCUT2D eigenvalue weighted by atomic mass is 15.2. The predicted molar refractivity (Wildman–Crippen MR) is 79.1 cm³/mol. The second kappa shape index (κ2) is 6.74. The van der Waals surface area contributed by atoms with Crippen LogP contribution in [0.15, 0.2) is 24.4 Å². The first-order valence-corrected chi connectivity index (χ1v) is 6.75. The van der Waals surface area contributed by atoms with E-state index in [1.807, 2.05) is 12.3 Å². The van der Waals surface area contributed by atoms with Gasteiger partial charge in [0.15, 0.2) is 0 Å². The summed E-state index contributed by atoms with van der Waals surface area (Å²) in [5, 5.41) is 0. The van der Waals surface area contributed by atoms with Crippen molar-refractivity contribution in [2.24, 2.45) is 5.41 Å². The zero-order chi connectivity index (χ0) is 13.6. The van der Waals surface area contributed by atoms with E-state index in [4.69, 9.17) is 0 Å². The van der Waals surface area contributed by atoms with Crippen LogP contribution >= 0.6 is 0 Å². The van der Waals surface area contributed by atoms with Crippen molar-refractivity contribution in [2.75, 3.05) is 38.6 Å². The average molecular weight is 249 g/mol. The van der Waals surface area contributed by atoms with Crippen LogP contribution in [0.3, 0.4) is 0 Å². The van der Waals surface area contributed by atoms with Crippen LogP contribution in [0, 0.1) is 5.41 Å². The molecule has 1 aromatic heterocycles. The number of hydrogen-bond donors (Lipinski definition) is 0. The first-order chi connectivity index (χ1) is 8.44. The van der Waals surface area contributed by atoms with Crippen LogP contribution < -0.4 is 4.90 Å². The van der Waals surface area contributed by atoms with Crippen molar-refractivity contribution >= 4 is 5.82 Å². The molecule has 3 heteroatoms. The number of pyridine rings is 1. The summed E-state index contributed by atoms with van der Waals surface area (Å²) in [4.78, 5) is 9.09. The van der Waals surface area contributed by atoms with Gasteiger partial charge >= 0.3 is 0 Å². The molecule has 0 amide bonds. The van der Waals surface area contributed by atoms with Gasteiger partial charge in [0, 0.05) is 25.8 Å². The number of aromatic nitrogens is 1. The van der Waals surface area contributed by atoms with E-state index in [2.05, 4.69) is 61.8 Å². The molecule has 0 fully saturated rings. The van der Waals surface area contributed by atoms with E-state index in [0.717, 1.165) is 25.5 Å². The molecule has 3 nitrogen and oxygen atoms in total. The Labute approximate surface area is 112 Å². The smallest absolute Gasteiger partial charge is 0.128 e. The Morgan fingerprint density at radius 3 is 2.39 bits per heavy atom. The zero-order valence-corrected chi connectivity index (χ0v) is 12.5. The van der Waals surface area contributed by atoms with Crippen molar-refractivity contribution in [3.05, 3.63) is 24.4 Å². The summed E-state index contributed by atoms with van der Waals surface area (Å²) >= 11 is 0. The van der Waals surface area contributed by atoms with E-state index in [1.54, 1.807) is 0 Å². The Balaban J connectivity index is 2.75. The van der Waals surface area contributed by atoms with Crippen molar-refractivity contribution in [1.82, 2.24) is 9.88 Å². The molecule has 0 aliphatic carbocycles. The molecule has 0 aliphatic heterocycles. The monoisotopic (exact) mass is 249 g/mol. The van der Waals surface area contributed by atoms with Crippen molar-refractivity contribution in [3.8, 4) is 0 Å². The van der Waals surface area contributed by atoms with Crippen molar-refractivity contribution in [1.29, 1.82) is 0 Å². The third-order valence-corrected chi connectivity index (χ3v) is 3.37. The van der Waals surface area contributed by atoms with Crippen LogP contribution in [0.25, 0.3) is 0 Å². The van der Waals surface area contributed by atoms with Gasteiger partial charge in [-0.15, -0.1) is 0 Å². The Bertz CT molecular complexity index is 333. The molecule has 1 rings (SSSR count). The molecule has 1 aromatic rings. The van der Waals surface area contributed by atoms with Crippen LogP contribution in [0.5, 0.6) is 0 Å². The van der Waals surface area contributed by atoms with Gasteiger partial charge in [-0.1, -0.05) is 26.8 Å². The molecule has 0 atom stereocenters. The summed E-state index contributed by atoms with van der Waals surface area (Å²) in [6.07, 6.45) is 3.05. The number of nitrogens with zero attached hydrogens (tertiary/aromatic N) is 3. The molecule has 0 aliphatic rings. The minimum Gasteiger partial charge on any atom is -0.355 e. The fourth-order valence-electron chi connectivity index (χ4n) is 1.76. The lowest BCUT2D eigenvalue weighted by Gasteiger charge is -2.33. The lowest BCUT2D eigenvalue weighted by molar-refractivity contribution is 0.338. The molecule has 1 heterocycles. The summed E-state index contributed by atoms with van der Waals surface area (Å²) in [5.41, 5.74) is 0.323. The van der Waals surface area contributed by atoms with E-state index in [9.17, 15) is 0 Å². The van der Waals surface area contributed by atoms with Crippen molar-refractivity contribution in [2.45, 2.75) is 27.2 Å². The fraction of sp³-hybridized carbons (Fsp3) is 0.667. The zero-order valence-electron chi connectivity index (χ0n) is 12.5. The van der Waals surface area contributed by atoms with Crippen LogP contribution in [0.2, 0.25) is 0 Å². The molecule has 0 spiro atoms. The van der Waals surface area contributed by atoms with E-state index in [-0.39, 0.29) is 0 Å². The highest BCUT2D eigenvalue weighted by Crippen LogP contribution is 2.23. The maximum absolute atomic E-state index is 4.48. The largest absolute Gasteiger partial charge is 0.355 e.